The molecule has 0 amide bonds. The highest BCUT2D eigenvalue weighted by Gasteiger charge is 2.27. The van der Waals surface area contributed by atoms with E-state index in [2.05, 4.69) is 56.3 Å². The second-order valence-electron chi connectivity index (χ2n) is 7.82. The van der Waals surface area contributed by atoms with Gasteiger partial charge in [0.2, 0.25) is 5.95 Å². The lowest BCUT2D eigenvalue weighted by Gasteiger charge is -2.41. The van der Waals surface area contributed by atoms with Gasteiger partial charge in [-0.05, 0) is 36.8 Å². The number of rotatable bonds is 6. The Bertz CT molecular complexity index is 722. The van der Waals surface area contributed by atoms with Crippen LogP contribution in [0.15, 0.2) is 36.7 Å². The molecule has 0 spiro atoms. The van der Waals surface area contributed by atoms with E-state index in [1.54, 1.807) is 11.1 Å². The number of hydrogen-bond donors (Lipinski definition) is 1. The van der Waals surface area contributed by atoms with Crippen LogP contribution in [0.2, 0.25) is 0 Å². The van der Waals surface area contributed by atoms with Crippen molar-refractivity contribution in [2.24, 2.45) is 0 Å². The van der Waals surface area contributed by atoms with Crippen molar-refractivity contribution in [2.45, 2.75) is 45.2 Å². The molecule has 1 fully saturated rings. The van der Waals surface area contributed by atoms with Crippen LogP contribution in [0.3, 0.4) is 0 Å². The first-order valence-electron chi connectivity index (χ1n) is 10.4. The van der Waals surface area contributed by atoms with Gasteiger partial charge < -0.3 is 5.32 Å². The van der Waals surface area contributed by atoms with Crippen molar-refractivity contribution >= 4 is 5.95 Å². The zero-order valence-electron chi connectivity index (χ0n) is 16.4. The number of benzene rings is 1. The minimum Gasteiger partial charge on any atom is -0.354 e. The van der Waals surface area contributed by atoms with Gasteiger partial charge in [-0.25, -0.2) is 9.97 Å². The minimum absolute atomic E-state index is 0.717. The first-order chi connectivity index (χ1) is 13.3. The van der Waals surface area contributed by atoms with Crippen LogP contribution >= 0.6 is 0 Å². The Balaban J connectivity index is 1.26. The van der Waals surface area contributed by atoms with E-state index < -0.39 is 0 Å². The van der Waals surface area contributed by atoms with Crippen LogP contribution < -0.4 is 5.32 Å². The topological polar surface area (TPSA) is 44.3 Å². The third kappa shape index (κ3) is 4.66. The zero-order chi connectivity index (χ0) is 18.5. The van der Waals surface area contributed by atoms with E-state index in [1.807, 2.05) is 12.4 Å². The lowest BCUT2D eigenvalue weighted by Crippen LogP contribution is -2.51. The second-order valence-corrected chi connectivity index (χ2v) is 7.82. The Labute approximate surface area is 162 Å². The summed E-state index contributed by atoms with van der Waals surface area (Å²) < 4.78 is 0. The lowest BCUT2D eigenvalue weighted by molar-refractivity contribution is 0.0855. The molecule has 4 rings (SSSR count). The third-order valence-electron chi connectivity index (χ3n) is 5.89. The number of aromatic nitrogens is 2. The standard InChI is InChI=1S/C22H31N5/c1-2-9-23-22-24-15-18(16-25-22)17-26-10-12-27(13-11-26)21-8-7-19-5-3-4-6-20(19)14-21/h3-6,15-16,21H,2,7-14,17H2,1H3,(H,23,24,25)/t21-/m0/s1. The summed E-state index contributed by atoms with van der Waals surface area (Å²) in [5.41, 5.74) is 4.33. The van der Waals surface area contributed by atoms with Gasteiger partial charge in [0.15, 0.2) is 0 Å². The van der Waals surface area contributed by atoms with Crippen LogP contribution in [-0.4, -0.2) is 58.5 Å². The van der Waals surface area contributed by atoms with Crippen molar-refractivity contribution in [3.63, 3.8) is 0 Å². The van der Waals surface area contributed by atoms with Gasteiger partial charge in [-0.2, -0.15) is 0 Å². The van der Waals surface area contributed by atoms with E-state index in [9.17, 15) is 0 Å². The fraction of sp³-hybridized carbons (Fsp3) is 0.545. The third-order valence-corrected chi connectivity index (χ3v) is 5.89. The molecule has 1 aliphatic carbocycles. The molecule has 2 heterocycles. The number of nitrogens with one attached hydrogen (secondary N) is 1. The molecule has 1 aliphatic heterocycles. The van der Waals surface area contributed by atoms with Gasteiger partial charge in [-0.15, -0.1) is 0 Å². The van der Waals surface area contributed by atoms with Gasteiger partial charge in [-0.1, -0.05) is 31.2 Å². The number of nitrogens with zero attached hydrogens (tertiary/aromatic N) is 4. The predicted molar refractivity (Wildman–Crippen MR) is 110 cm³/mol. The Morgan fingerprint density at radius 3 is 2.52 bits per heavy atom. The number of aryl methyl sites for hydroxylation is 1. The van der Waals surface area contributed by atoms with Crippen LogP contribution in [0.25, 0.3) is 0 Å². The SMILES string of the molecule is CCCNc1ncc(CN2CCN([C@H]3CCc4ccccc4C3)CC2)cn1. The molecule has 5 nitrogen and oxygen atoms in total. The Morgan fingerprint density at radius 1 is 1.04 bits per heavy atom. The number of fused-ring (bicyclic) bond motifs is 1. The van der Waals surface area contributed by atoms with E-state index in [0.717, 1.165) is 38.5 Å². The van der Waals surface area contributed by atoms with Gasteiger partial charge in [-0.3, -0.25) is 9.80 Å². The normalized spacial score (nSPS) is 21.0. The fourth-order valence-corrected chi connectivity index (χ4v) is 4.30. The van der Waals surface area contributed by atoms with Crippen LogP contribution in [0.1, 0.15) is 36.5 Å². The molecule has 5 heteroatoms. The monoisotopic (exact) mass is 365 g/mol. The molecule has 0 radical (unpaired) electrons. The predicted octanol–water partition coefficient (Wildman–Crippen LogP) is 2.97. The summed E-state index contributed by atoms with van der Waals surface area (Å²) in [6.45, 7) is 8.63. The van der Waals surface area contributed by atoms with E-state index >= 15 is 0 Å². The molecule has 2 aliphatic rings. The van der Waals surface area contributed by atoms with E-state index in [1.165, 1.54) is 37.9 Å². The Hall–Kier alpha value is -1.98. The molecule has 1 aromatic carbocycles. The van der Waals surface area contributed by atoms with Crippen molar-refractivity contribution in [3.05, 3.63) is 53.3 Å². The molecule has 27 heavy (non-hydrogen) atoms. The summed E-state index contributed by atoms with van der Waals surface area (Å²) in [6, 6.07) is 9.69. The average Bonchev–Trinajstić information content (AvgIpc) is 2.73. The molecule has 1 N–H and O–H groups in total. The molecule has 0 unspecified atom stereocenters. The summed E-state index contributed by atoms with van der Waals surface area (Å²) in [4.78, 5) is 14.1. The van der Waals surface area contributed by atoms with Gasteiger partial charge in [0.1, 0.15) is 0 Å². The summed E-state index contributed by atoms with van der Waals surface area (Å²) >= 11 is 0. The summed E-state index contributed by atoms with van der Waals surface area (Å²) in [6.07, 6.45) is 8.77. The maximum atomic E-state index is 4.43. The first kappa shape index (κ1) is 18.4. The van der Waals surface area contributed by atoms with Crippen molar-refractivity contribution in [1.29, 1.82) is 0 Å². The van der Waals surface area contributed by atoms with Crippen molar-refractivity contribution in [3.8, 4) is 0 Å². The molecule has 2 aromatic rings. The number of piperazine rings is 1. The Morgan fingerprint density at radius 2 is 1.78 bits per heavy atom. The van der Waals surface area contributed by atoms with Crippen LogP contribution in [0, 0.1) is 0 Å². The molecular formula is C22H31N5. The zero-order valence-corrected chi connectivity index (χ0v) is 16.4. The Kier molecular flexibility index (Phi) is 6.00. The highest BCUT2D eigenvalue weighted by molar-refractivity contribution is 5.30. The second kappa shape index (κ2) is 8.81. The largest absolute Gasteiger partial charge is 0.354 e. The number of anilines is 1. The average molecular weight is 366 g/mol. The lowest BCUT2D eigenvalue weighted by atomic mass is 9.87. The van der Waals surface area contributed by atoms with Crippen LogP contribution in [0.4, 0.5) is 5.95 Å². The van der Waals surface area contributed by atoms with Gasteiger partial charge >= 0.3 is 0 Å². The van der Waals surface area contributed by atoms with Crippen molar-refractivity contribution < 1.29 is 0 Å². The van der Waals surface area contributed by atoms with Gasteiger partial charge in [0, 0.05) is 63.3 Å². The molecule has 1 atom stereocenters. The van der Waals surface area contributed by atoms with Crippen molar-refractivity contribution in [1.82, 2.24) is 19.8 Å². The maximum absolute atomic E-state index is 4.43. The van der Waals surface area contributed by atoms with Crippen LogP contribution in [-0.2, 0) is 19.4 Å². The van der Waals surface area contributed by atoms with E-state index in [0.29, 0.717) is 6.04 Å². The summed E-state index contributed by atoms with van der Waals surface area (Å²) in [7, 11) is 0. The molecular weight excluding hydrogens is 334 g/mol. The quantitative estimate of drug-likeness (QED) is 0.853. The van der Waals surface area contributed by atoms with Gasteiger partial charge in [0.25, 0.3) is 0 Å². The van der Waals surface area contributed by atoms with Crippen LogP contribution in [0.5, 0.6) is 0 Å². The minimum atomic E-state index is 0.717. The number of hydrogen-bond acceptors (Lipinski definition) is 5. The molecule has 0 saturated carbocycles. The molecule has 0 bridgehead atoms. The smallest absolute Gasteiger partial charge is 0.222 e. The summed E-state index contributed by atoms with van der Waals surface area (Å²) in [5.74, 6) is 0.739. The molecule has 1 aromatic heterocycles. The first-order valence-corrected chi connectivity index (χ1v) is 10.4. The summed E-state index contributed by atoms with van der Waals surface area (Å²) in [5, 5.41) is 3.23. The molecule has 144 valence electrons. The van der Waals surface area contributed by atoms with E-state index in [4.69, 9.17) is 0 Å². The highest BCUT2D eigenvalue weighted by Crippen LogP contribution is 2.25. The van der Waals surface area contributed by atoms with E-state index in [-0.39, 0.29) is 0 Å². The maximum Gasteiger partial charge on any atom is 0.222 e. The van der Waals surface area contributed by atoms with Crippen molar-refractivity contribution in [2.75, 3.05) is 38.0 Å². The fourth-order valence-electron chi connectivity index (χ4n) is 4.30. The van der Waals surface area contributed by atoms with Gasteiger partial charge in [0.05, 0.1) is 0 Å². The molecule has 1 saturated heterocycles. The highest BCUT2D eigenvalue weighted by atomic mass is 15.3.